The van der Waals surface area contributed by atoms with Crippen molar-refractivity contribution < 1.29 is 4.74 Å². The highest BCUT2D eigenvalue weighted by atomic mass is 16.5. The van der Waals surface area contributed by atoms with Gasteiger partial charge in [-0.2, -0.15) is 0 Å². The highest BCUT2D eigenvalue weighted by Gasteiger charge is 2.09. The first-order valence-electron chi connectivity index (χ1n) is 14.5. The molecule has 0 atom stereocenters. The standard InChI is InChI=1S/C11H17NO.C11H15N.C10H12N2.C2H6/c1-3-10-6-4-5-7-11(10)13-9-8-12-2;1-12-8-6-10-4-2-3-5-11(10)7-9-12;1-7(2)10-5-8-6-11-4-3-9(8)12-10;1-2/h4-7,12H,3,8-9H2,1-2H3;2-5H,6-9H2,1H3;3-7,12H,1-2H3;1-2H3. The third-order valence-electron chi connectivity index (χ3n) is 6.67. The van der Waals surface area contributed by atoms with Crippen molar-refractivity contribution in [3.8, 4) is 5.75 Å². The third kappa shape index (κ3) is 10.9. The molecule has 39 heavy (non-hydrogen) atoms. The van der Waals surface area contributed by atoms with Crippen LogP contribution in [-0.4, -0.2) is 55.2 Å². The number of aromatic nitrogens is 2. The smallest absolute Gasteiger partial charge is 0.122 e. The zero-order valence-corrected chi connectivity index (χ0v) is 25.3. The molecule has 0 unspecified atom stereocenters. The van der Waals surface area contributed by atoms with Crippen LogP contribution < -0.4 is 10.1 Å². The van der Waals surface area contributed by atoms with Crippen LogP contribution in [-0.2, 0) is 19.3 Å². The van der Waals surface area contributed by atoms with Crippen molar-refractivity contribution in [1.82, 2.24) is 20.2 Å². The first-order valence-corrected chi connectivity index (χ1v) is 14.5. The SMILES string of the molecule is CC.CC(C)c1cc2cnccc2[nH]1.CCc1ccccc1OCCNC.CN1CCc2ccccc2CC1. The van der Waals surface area contributed by atoms with E-state index in [9.17, 15) is 0 Å². The van der Waals surface area contributed by atoms with Gasteiger partial charge in [-0.1, -0.05) is 77.1 Å². The fraction of sp³-hybridized carbons (Fsp3) is 0.441. The fourth-order valence-electron chi connectivity index (χ4n) is 4.29. The Morgan fingerprint density at radius 3 is 2.21 bits per heavy atom. The number of hydrogen-bond acceptors (Lipinski definition) is 4. The number of hydrogen-bond donors (Lipinski definition) is 2. The molecule has 212 valence electrons. The predicted octanol–water partition coefficient (Wildman–Crippen LogP) is 7.28. The number of pyridine rings is 1. The molecule has 2 aromatic carbocycles. The molecule has 0 bridgehead atoms. The topological polar surface area (TPSA) is 53.2 Å². The van der Waals surface area contributed by atoms with E-state index in [-0.39, 0.29) is 0 Å². The summed E-state index contributed by atoms with van der Waals surface area (Å²) in [5.74, 6) is 1.57. The molecular formula is C34H50N4O. The number of ether oxygens (including phenoxy) is 1. The summed E-state index contributed by atoms with van der Waals surface area (Å²) in [5, 5.41) is 4.25. The summed E-state index contributed by atoms with van der Waals surface area (Å²) in [6.45, 7) is 14.5. The fourth-order valence-corrected chi connectivity index (χ4v) is 4.29. The third-order valence-corrected chi connectivity index (χ3v) is 6.67. The van der Waals surface area contributed by atoms with Crippen molar-refractivity contribution >= 4 is 10.9 Å². The van der Waals surface area contributed by atoms with Crippen molar-refractivity contribution in [2.75, 3.05) is 40.3 Å². The Morgan fingerprint density at radius 2 is 1.62 bits per heavy atom. The molecule has 5 heteroatoms. The number of fused-ring (bicyclic) bond motifs is 2. The summed E-state index contributed by atoms with van der Waals surface area (Å²) in [6.07, 6.45) is 7.15. The highest BCUT2D eigenvalue weighted by molar-refractivity contribution is 5.79. The lowest BCUT2D eigenvalue weighted by atomic mass is 10.0. The summed E-state index contributed by atoms with van der Waals surface area (Å²) in [5.41, 5.74) is 6.81. The maximum atomic E-state index is 5.61. The number of benzene rings is 2. The van der Waals surface area contributed by atoms with Gasteiger partial charge in [0.2, 0.25) is 0 Å². The number of H-pyrrole nitrogens is 1. The summed E-state index contributed by atoms with van der Waals surface area (Å²) in [7, 11) is 4.13. The molecule has 2 N–H and O–H groups in total. The maximum Gasteiger partial charge on any atom is 0.122 e. The average molecular weight is 531 g/mol. The highest BCUT2D eigenvalue weighted by Crippen LogP contribution is 2.20. The monoisotopic (exact) mass is 530 g/mol. The summed E-state index contributed by atoms with van der Waals surface area (Å²) < 4.78 is 5.61. The van der Waals surface area contributed by atoms with Crippen LogP contribution in [0.25, 0.3) is 10.9 Å². The number of aryl methyl sites for hydroxylation is 1. The second-order valence-corrected chi connectivity index (χ2v) is 9.83. The van der Waals surface area contributed by atoms with Gasteiger partial charge in [-0.15, -0.1) is 0 Å². The van der Waals surface area contributed by atoms with Gasteiger partial charge in [0.15, 0.2) is 0 Å². The van der Waals surface area contributed by atoms with Crippen molar-refractivity contribution in [1.29, 1.82) is 0 Å². The molecule has 0 radical (unpaired) electrons. The minimum Gasteiger partial charge on any atom is -0.492 e. The molecule has 1 aliphatic rings. The molecule has 5 rings (SSSR count). The Morgan fingerprint density at radius 1 is 0.974 bits per heavy atom. The molecule has 0 saturated carbocycles. The zero-order valence-electron chi connectivity index (χ0n) is 25.3. The predicted molar refractivity (Wildman–Crippen MR) is 168 cm³/mol. The summed E-state index contributed by atoms with van der Waals surface area (Å²) in [6, 6.07) is 21.1. The van der Waals surface area contributed by atoms with Gasteiger partial charge >= 0.3 is 0 Å². The van der Waals surface area contributed by atoms with E-state index >= 15 is 0 Å². The van der Waals surface area contributed by atoms with E-state index in [0.29, 0.717) is 5.92 Å². The van der Waals surface area contributed by atoms with E-state index in [4.69, 9.17) is 4.74 Å². The lowest BCUT2D eigenvalue weighted by Crippen LogP contribution is -2.20. The van der Waals surface area contributed by atoms with E-state index in [1.807, 2.05) is 57.6 Å². The van der Waals surface area contributed by atoms with Crippen LogP contribution >= 0.6 is 0 Å². The number of para-hydroxylation sites is 1. The summed E-state index contributed by atoms with van der Waals surface area (Å²) in [4.78, 5) is 9.82. The maximum absolute atomic E-state index is 5.61. The number of nitrogens with zero attached hydrogens (tertiary/aromatic N) is 2. The van der Waals surface area contributed by atoms with Crippen LogP contribution in [0.15, 0.2) is 73.1 Å². The lowest BCUT2D eigenvalue weighted by Gasteiger charge is -2.10. The van der Waals surface area contributed by atoms with Crippen molar-refractivity contribution in [3.63, 3.8) is 0 Å². The van der Waals surface area contributed by atoms with Crippen LogP contribution in [0, 0.1) is 0 Å². The molecular weight excluding hydrogens is 480 g/mol. The van der Waals surface area contributed by atoms with E-state index in [1.54, 1.807) is 11.1 Å². The zero-order chi connectivity index (χ0) is 28.5. The Bertz CT molecular complexity index is 1140. The molecule has 0 fully saturated rings. The molecule has 3 heterocycles. The first-order chi connectivity index (χ1) is 19.0. The molecule has 1 aliphatic heterocycles. The minimum absolute atomic E-state index is 0.553. The Hall–Kier alpha value is -3.15. The lowest BCUT2D eigenvalue weighted by molar-refractivity contribution is 0.315. The van der Waals surface area contributed by atoms with Crippen molar-refractivity contribution in [3.05, 3.63) is 95.4 Å². The van der Waals surface area contributed by atoms with Crippen molar-refractivity contribution in [2.45, 2.75) is 59.8 Å². The van der Waals surface area contributed by atoms with Crippen LogP contribution in [0.3, 0.4) is 0 Å². The van der Waals surface area contributed by atoms with Crippen LogP contribution in [0.1, 0.15) is 62.9 Å². The van der Waals surface area contributed by atoms with Crippen molar-refractivity contribution in [2.24, 2.45) is 0 Å². The van der Waals surface area contributed by atoms with Gasteiger partial charge in [0.1, 0.15) is 12.4 Å². The van der Waals surface area contributed by atoms with Crippen LogP contribution in [0.2, 0.25) is 0 Å². The van der Waals surface area contributed by atoms with Gasteiger partial charge in [-0.25, -0.2) is 0 Å². The second kappa shape index (κ2) is 18.2. The largest absolute Gasteiger partial charge is 0.492 e. The molecule has 4 aromatic rings. The minimum atomic E-state index is 0.553. The molecule has 0 aliphatic carbocycles. The van der Waals surface area contributed by atoms with Gasteiger partial charge in [0.25, 0.3) is 0 Å². The van der Waals surface area contributed by atoms with Gasteiger partial charge in [-0.05, 0) is 74.2 Å². The van der Waals surface area contributed by atoms with Gasteiger partial charge in [0.05, 0.1) is 0 Å². The first kappa shape index (κ1) is 32.1. The Balaban J connectivity index is 0.000000199. The van der Waals surface area contributed by atoms with Crippen LogP contribution in [0.4, 0.5) is 0 Å². The molecule has 0 saturated heterocycles. The van der Waals surface area contributed by atoms with Gasteiger partial charge in [0, 0.05) is 48.6 Å². The average Bonchev–Trinajstić information content (AvgIpc) is 3.33. The van der Waals surface area contributed by atoms with Gasteiger partial charge in [-0.3, -0.25) is 4.98 Å². The number of rotatable bonds is 6. The normalized spacial score (nSPS) is 12.6. The number of likely N-dealkylation sites (N-methyl/N-ethyl adjacent to an activating group) is 2. The quantitative estimate of drug-likeness (QED) is 0.257. The van der Waals surface area contributed by atoms with E-state index in [0.717, 1.165) is 25.3 Å². The van der Waals surface area contributed by atoms with Gasteiger partial charge < -0.3 is 19.9 Å². The Kier molecular flexibility index (Phi) is 15.0. The molecule has 5 nitrogen and oxygen atoms in total. The number of nitrogens with one attached hydrogen (secondary N) is 2. The molecule has 2 aromatic heterocycles. The molecule has 0 amide bonds. The molecule has 0 spiro atoms. The number of aromatic amines is 1. The van der Waals surface area contributed by atoms with E-state index in [1.165, 1.54) is 48.1 Å². The van der Waals surface area contributed by atoms with E-state index in [2.05, 4.69) is 84.4 Å². The van der Waals surface area contributed by atoms with Crippen LogP contribution in [0.5, 0.6) is 5.75 Å². The summed E-state index contributed by atoms with van der Waals surface area (Å²) >= 11 is 0. The van der Waals surface area contributed by atoms with E-state index < -0.39 is 0 Å². The second-order valence-electron chi connectivity index (χ2n) is 9.83. The Labute approximate surface area is 237 Å².